The Morgan fingerprint density at radius 2 is 2.29 bits per heavy atom. The molecule has 17 heavy (non-hydrogen) atoms. The number of rotatable bonds is 4. The number of aryl methyl sites for hydroxylation is 1. The number of methoxy groups -OCH3 is 1. The lowest BCUT2D eigenvalue weighted by atomic mass is 10.3. The number of hydrogen-bond acceptors (Lipinski definition) is 3. The topological polar surface area (TPSA) is 49.9 Å². The lowest BCUT2D eigenvalue weighted by Gasteiger charge is -2.07. The normalized spacial score (nSPS) is 10.3. The molecule has 1 aromatic carbocycles. The van der Waals surface area contributed by atoms with E-state index < -0.39 is 0 Å². The van der Waals surface area contributed by atoms with Crippen LogP contribution in [0.25, 0.3) is 0 Å². The minimum atomic E-state index is -0.365. The minimum Gasteiger partial charge on any atom is -0.494 e. The van der Waals surface area contributed by atoms with Gasteiger partial charge in [0.1, 0.15) is 5.82 Å². The number of aromatic amines is 1. The van der Waals surface area contributed by atoms with Crippen LogP contribution in [-0.4, -0.2) is 17.1 Å². The number of aromatic nitrogens is 2. The van der Waals surface area contributed by atoms with Gasteiger partial charge in [-0.1, -0.05) is 0 Å². The number of nitrogens with zero attached hydrogens (tertiary/aromatic N) is 1. The lowest BCUT2D eigenvalue weighted by Crippen LogP contribution is -2.00. The highest BCUT2D eigenvalue weighted by Gasteiger charge is 2.03. The van der Waals surface area contributed by atoms with Crippen LogP contribution >= 0.6 is 0 Å². The Hall–Kier alpha value is -2.04. The van der Waals surface area contributed by atoms with Crippen LogP contribution in [0.2, 0.25) is 0 Å². The molecule has 0 amide bonds. The van der Waals surface area contributed by atoms with E-state index >= 15 is 0 Å². The largest absolute Gasteiger partial charge is 0.494 e. The third-order valence-electron chi connectivity index (χ3n) is 2.39. The molecular weight excluding hydrogens is 221 g/mol. The molecular formula is C12H14FN3O. The Bertz CT molecular complexity index is 510. The SMILES string of the molecule is COc1cc(NCc2cnc(C)[nH]2)ccc1F. The average Bonchev–Trinajstić information content (AvgIpc) is 2.74. The van der Waals surface area contributed by atoms with E-state index in [0.29, 0.717) is 6.54 Å². The fraction of sp³-hybridized carbons (Fsp3) is 0.250. The van der Waals surface area contributed by atoms with E-state index in [9.17, 15) is 4.39 Å². The number of anilines is 1. The Kier molecular flexibility index (Phi) is 3.27. The van der Waals surface area contributed by atoms with Gasteiger partial charge in [-0.15, -0.1) is 0 Å². The van der Waals surface area contributed by atoms with Crippen LogP contribution in [-0.2, 0) is 6.54 Å². The average molecular weight is 235 g/mol. The maximum atomic E-state index is 13.2. The van der Waals surface area contributed by atoms with E-state index in [0.717, 1.165) is 17.2 Å². The molecule has 2 rings (SSSR count). The number of H-pyrrole nitrogens is 1. The highest BCUT2D eigenvalue weighted by atomic mass is 19.1. The van der Waals surface area contributed by atoms with Gasteiger partial charge in [0.2, 0.25) is 0 Å². The standard InChI is InChI=1S/C12H14FN3O/c1-8-14-6-10(16-8)7-15-9-3-4-11(13)12(5-9)17-2/h3-6,15H,7H2,1-2H3,(H,14,16). The van der Waals surface area contributed by atoms with Crippen molar-refractivity contribution >= 4 is 5.69 Å². The van der Waals surface area contributed by atoms with Crippen molar-refractivity contribution in [3.05, 3.63) is 41.7 Å². The second-order valence-corrected chi connectivity index (χ2v) is 3.70. The van der Waals surface area contributed by atoms with Crippen molar-refractivity contribution in [2.24, 2.45) is 0 Å². The van der Waals surface area contributed by atoms with Gasteiger partial charge in [-0.3, -0.25) is 0 Å². The molecule has 2 N–H and O–H groups in total. The number of halogens is 1. The van der Waals surface area contributed by atoms with E-state index in [2.05, 4.69) is 15.3 Å². The molecule has 0 aliphatic heterocycles. The number of hydrogen-bond donors (Lipinski definition) is 2. The Morgan fingerprint density at radius 1 is 1.47 bits per heavy atom. The first-order chi connectivity index (χ1) is 8.19. The van der Waals surface area contributed by atoms with Crippen molar-refractivity contribution in [1.29, 1.82) is 0 Å². The molecule has 0 saturated carbocycles. The first kappa shape index (κ1) is 11.4. The molecule has 4 nitrogen and oxygen atoms in total. The molecule has 90 valence electrons. The van der Waals surface area contributed by atoms with E-state index in [4.69, 9.17) is 4.74 Å². The summed E-state index contributed by atoms with van der Waals surface area (Å²) in [5.74, 6) is 0.740. The zero-order valence-corrected chi connectivity index (χ0v) is 9.75. The van der Waals surface area contributed by atoms with E-state index in [1.807, 2.05) is 6.92 Å². The summed E-state index contributed by atoms with van der Waals surface area (Å²) in [5.41, 5.74) is 1.78. The number of imidazole rings is 1. The summed E-state index contributed by atoms with van der Waals surface area (Å²) < 4.78 is 18.1. The van der Waals surface area contributed by atoms with Gasteiger partial charge in [0.25, 0.3) is 0 Å². The summed E-state index contributed by atoms with van der Waals surface area (Å²) in [6.45, 7) is 2.50. The first-order valence-electron chi connectivity index (χ1n) is 5.27. The van der Waals surface area contributed by atoms with Gasteiger partial charge in [0.05, 0.1) is 25.5 Å². The third kappa shape index (κ3) is 2.75. The van der Waals surface area contributed by atoms with E-state index in [-0.39, 0.29) is 11.6 Å². The molecule has 1 aromatic heterocycles. The molecule has 5 heteroatoms. The monoisotopic (exact) mass is 235 g/mol. The van der Waals surface area contributed by atoms with Crippen LogP contribution < -0.4 is 10.1 Å². The van der Waals surface area contributed by atoms with Crippen LogP contribution in [0.1, 0.15) is 11.5 Å². The van der Waals surface area contributed by atoms with Gasteiger partial charge in [0.15, 0.2) is 11.6 Å². The van der Waals surface area contributed by atoms with Gasteiger partial charge >= 0.3 is 0 Å². The highest BCUT2D eigenvalue weighted by molar-refractivity contribution is 5.48. The van der Waals surface area contributed by atoms with Gasteiger partial charge in [-0.05, 0) is 19.1 Å². The maximum Gasteiger partial charge on any atom is 0.165 e. The first-order valence-corrected chi connectivity index (χ1v) is 5.27. The Morgan fingerprint density at radius 3 is 2.94 bits per heavy atom. The second kappa shape index (κ2) is 4.86. The van der Waals surface area contributed by atoms with Crippen molar-refractivity contribution in [1.82, 2.24) is 9.97 Å². The van der Waals surface area contributed by atoms with Crippen LogP contribution in [0.15, 0.2) is 24.4 Å². The quantitative estimate of drug-likeness (QED) is 0.856. The van der Waals surface area contributed by atoms with Crippen LogP contribution in [0.3, 0.4) is 0 Å². The molecule has 0 aliphatic rings. The van der Waals surface area contributed by atoms with Crippen molar-refractivity contribution < 1.29 is 9.13 Å². The summed E-state index contributed by atoms with van der Waals surface area (Å²) in [5, 5.41) is 3.16. The summed E-state index contributed by atoms with van der Waals surface area (Å²) in [6, 6.07) is 4.67. The van der Waals surface area contributed by atoms with Gasteiger partial charge in [-0.2, -0.15) is 0 Å². The number of ether oxygens (including phenoxy) is 1. The predicted octanol–water partition coefficient (Wildman–Crippen LogP) is 2.48. The Labute approximate surface area is 98.8 Å². The van der Waals surface area contributed by atoms with Crippen LogP contribution in [0, 0.1) is 12.7 Å². The van der Waals surface area contributed by atoms with Crippen molar-refractivity contribution in [2.45, 2.75) is 13.5 Å². The number of benzene rings is 1. The molecule has 0 atom stereocenters. The molecule has 1 heterocycles. The lowest BCUT2D eigenvalue weighted by molar-refractivity contribution is 0.387. The summed E-state index contributed by atoms with van der Waals surface area (Å²) in [4.78, 5) is 7.20. The Balaban J connectivity index is 2.04. The second-order valence-electron chi connectivity index (χ2n) is 3.70. The van der Waals surface area contributed by atoms with Gasteiger partial charge in [-0.25, -0.2) is 9.37 Å². The molecule has 0 unspecified atom stereocenters. The zero-order valence-electron chi connectivity index (χ0n) is 9.75. The van der Waals surface area contributed by atoms with Crippen molar-refractivity contribution in [3.8, 4) is 5.75 Å². The molecule has 2 aromatic rings. The molecule has 0 saturated heterocycles. The summed E-state index contributed by atoms with van der Waals surface area (Å²) in [7, 11) is 1.44. The summed E-state index contributed by atoms with van der Waals surface area (Å²) in [6.07, 6.45) is 1.77. The van der Waals surface area contributed by atoms with Crippen molar-refractivity contribution in [2.75, 3.05) is 12.4 Å². The van der Waals surface area contributed by atoms with E-state index in [1.54, 1.807) is 18.3 Å². The van der Waals surface area contributed by atoms with E-state index in [1.165, 1.54) is 13.2 Å². The molecule has 0 bridgehead atoms. The predicted molar refractivity (Wildman–Crippen MR) is 63.6 cm³/mol. The third-order valence-corrected chi connectivity index (χ3v) is 2.39. The minimum absolute atomic E-state index is 0.232. The highest BCUT2D eigenvalue weighted by Crippen LogP contribution is 2.21. The smallest absolute Gasteiger partial charge is 0.165 e. The van der Waals surface area contributed by atoms with Gasteiger partial charge < -0.3 is 15.0 Å². The zero-order chi connectivity index (χ0) is 12.3. The molecule has 0 radical (unpaired) electrons. The number of nitrogens with one attached hydrogen (secondary N) is 2. The molecule has 0 fully saturated rings. The van der Waals surface area contributed by atoms with Gasteiger partial charge in [0, 0.05) is 11.8 Å². The summed E-state index contributed by atoms with van der Waals surface area (Å²) >= 11 is 0. The molecule has 0 spiro atoms. The fourth-order valence-electron chi connectivity index (χ4n) is 1.53. The molecule has 0 aliphatic carbocycles. The van der Waals surface area contributed by atoms with Crippen molar-refractivity contribution in [3.63, 3.8) is 0 Å². The maximum absolute atomic E-state index is 13.2. The van der Waals surface area contributed by atoms with Crippen LogP contribution in [0.5, 0.6) is 5.75 Å². The van der Waals surface area contributed by atoms with Crippen LogP contribution in [0.4, 0.5) is 10.1 Å². The fourth-order valence-corrected chi connectivity index (χ4v) is 1.53.